The monoisotopic (exact) mass is 543 g/mol. The van der Waals surface area contributed by atoms with Gasteiger partial charge in [-0.3, -0.25) is 19.5 Å². The molecule has 208 valence electrons. The van der Waals surface area contributed by atoms with Gasteiger partial charge in [0.25, 0.3) is 11.2 Å². The fourth-order valence-electron chi connectivity index (χ4n) is 4.64. The highest BCUT2D eigenvalue weighted by atomic mass is 16.6. The number of hydrogen-bond donors (Lipinski definition) is 1. The second kappa shape index (κ2) is 12.4. The zero-order chi connectivity index (χ0) is 28.8. The van der Waals surface area contributed by atoms with Crippen molar-refractivity contribution in [1.29, 1.82) is 0 Å². The third-order valence-corrected chi connectivity index (χ3v) is 6.81. The van der Waals surface area contributed by atoms with Gasteiger partial charge in [0.2, 0.25) is 0 Å². The summed E-state index contributed by atoms with van der Waals surface area (Å²) in [6.45, 7) is 6.27. The van der Waals surface area contributed by atoms with Crippen molar-refractivity contribution in [2.45, 2.75) is 46.1 Å². The molecule has 0 aliphatic carbocycles. The second-order valence-corrected chi connectivity index (χ2v) is 9.61. The number of carbonyl (C=O) groups excluding carboxylic acids is 1. The molecule has 1 N–H and O–H groups in total. The first kappa shape index (κ1) is 28.3. The van der Waals surface area contributed by atoms with E-state index in [-0.39, 0.29) is 11.2 Å². The van der Waals surface area contributed by atoms with Crippen LogP contribution in [0.25, 0.3) is 16.6 Å². The first-order valence-electron chi connectivity index (χ1n) is 13.2. The number of nitrogens with zero attached hydrogens (tertiary/aromatic N) is 4. The van der Waals surface area contributed by atoms with Crippen LogP contribution in [-0.2, 0) is 0 Å². The number of benzene rings is 3. The number of nitrogens with one attached hydrogen (secondary N) is 1. The molecule has 0 bridgehead atoms. The number of fused-ring (bicyclic) bond motifs is 1. The van der Waals surface area contributed by atoms with Crippen molar-refractivity contribution in [3.05, 3.63) is 98.6 Å². The lowest BCUT2D eigenvalue weighted by Gasteiger charge is -2.31. The van der Waals surface area contributed by atoms with E-state index in [0.29, 0.717) is 40.4 Å². The Balaban J connectivity index is 1.83. The smallest absolute Gasteiger partial charge is 0.322 e. The molecule has 0 fully saturated rings. The van der Waals surface area contributed by atoms with Gasteiger partial charge in [-0.05, 0) is 62.2 Å². The number of urea groups is 1. The maximum Gasteiger partial charge on any atom is 0.322 e. The van der Waals surface area contributed by atoms with Crippen molar-refractivity contribution in [3.63, 3.8) is 0 Å². The predicted molar refractivity (Wildman–Crippen MR) is 155 cm³/mol. The maximum absolute atomic E-state index is 14.0. The van der Waals surface area contributed by atoms with E-state index in [1.807, 2.05) is 32.0 Å². The summed E-state index contributed by atoms with van der Waals surface area (Å²) in [6, 6.07) is 17.4. The summed E-state index contributed by atoms with van der Waals surface area (Å²) in [5, 5.41) is 14.3. The fraction of sp³-hybridized carbons (Fsp3) is 0.300. The van der Waals surface area contributed by atoms with Crippen LogP contribution in [0.3, 0.4) is 0 Å². The summed E-state index contributed by atoms with van der Waals surface area (Å²) in [6.07, 6.45) is 2.63. The molecule has 3 aromatic carbocycles. The number of unbranched alkanes of at least 4 members (excludes halogenated alkanes) is 2. The molecule has 0 radical (unpaired) electrons. The van der Waals surface area contributed by atoms with E-state index in [9.17, 15) is 19.7 Å². The van der Waals surface area contributed by atoms with Gasteiger partial charge in [0.05, 0.1) is 34.7 Å². The van der Waals surface area contributed by atoms with Crippen LogP contribution in [0.4, 0.5) is 16.2 Å². The van der Waals surface area contributed by atoms with Crippen LogP contribution in [0.1, 0.15) is 50.5 Å². The summed E-state index contributed by atoms with van der Waals surface area (Å²) in [4.78, 5) is 44.7. The van der Waals surface area contributed by atoms with Crippen molar-refractivity contribution in [2.24, 2.45) is 0 Å². The normalized spacial score (nSPS) is 11.7. The molecule has 10 heteroatoms. The van der Waals surface area contributed by atoms with E-state index in [0.717, 1.165) is 24.8 Å². The molecule has 0 saturated carbocycles. The molecule has 0 aliphatic heterocycles. The minimum Gasteiger partial charge on any atom is -0.495 e. The third kappa shape index (κ3) is 5.96. The fourth-order valence-corrected chi connectivity index (χ4v) is 4.64. The van der Waals surface area contributed by atoms with E-state index in [1.165, 1.54) is 28.8 Å². The van der Waals surface area contributed by atoms with Crippen molar-refractivity contribution < 1.29 is 14.5 Å². The number of carbonyl (C=O) groups is 1. The molecule has 4 aromatic rings. The molecular weight excluding hydrogens is 510 g/mol. The first-order valence-corrected chi connectivity index (χ1v) is 13.2. The van der Waals surface area contributed by atoms with Gasteiger partial charge in [-0.1, -0.05) is 38.0 Å². The van der Waals surface area contributed by atoms with Gasteiger partial charge in [-0.15, -0.1) is 0 Å². The van der Waals surface area contributed by atoms with Crippen LogP contribution in [0.15, 0.2) is 71.5 Å². The number of ether oxygens (including phenoxy) is 1. The third-order valence-electron chi connectivity index (χ3n) is 6.81. The Morgan fingerprint density at radius 2 is 1.85 bits per heavy atom. The van der Waals surface area contributed by atoms with Crippen LogP contribution >= 0.6 is 0 Å². The molecule has 4 rings (SSSR count). The standard InChI is InChI=1S/C30H33N5O5/c1-5-6-9-18-33(30(37)31-22-13-15-23(16-14-22)35(38)39)21(3)28-32-25-11-8-7-10-24(25)29(36)34(28)26-19-20(2)12-17-27(26)40-4/h7-8,10-17,19,21H,5-6,9,18H2,1-4H3,(H,31,37). The maximum atomic E-state index is 14.0. The van der Waals surface area contributed by atoms with Gasteiger partial charge in [-0.25, -0.2) is 9.78 Å². The zero-order valence-electron chi connectivity index (χ0n) is 23.1. The van der Waals surface area contributed by atoms with E-state index in [2.05, 4.69) is 12.2 Å². The van der Waals surface area contributed by atoms with Gasteiger partial charge in [0, 0.05) is 24.4 Å². The van der Waals surface area contributed by atoms with Gasteiger partial charge in [0.1, 0.15) is 11.6 Å². The Labute approximate surface area is 232 Å². The number of non-ortho nitro benzene ring substituents is 1. The van der Waals surface area contributed by atoms with Gasteiger partial charge < -0.3 is 15.0 Å². The Morgan fingerprint density at radius 1 is 1.12 bits per heavy atom. The van der Waals surface area contributed by atoms with E-state index in [1.54, 1.807) is 36.3 Å². The van der Waals surface area contributed by atoms with Crippen LogP contribution < -0.4 is 15.6 Å². The largest absolute Gasteiger partial charge is 0.495 e. The lowest BCUT2D eigenvalue weighted by molar-refractivity contribution is -0.384. The zero-order valence-corrected chi connectivity index (χ0v) is 23.1. The summed E-state index contributed by atoms with van der Waals surface area (Å²) in [5.41, 5.74) is 2.10. The van der Waals surface area contributed by atoms with Crippen LogP contribution in [0.2, 0.25) is 0 Å². The number of hydrogen-bond acceptors (Lipinski definition) is 6. The molecule has 0 spiro atoms. The highest BCUT2D eigenvalue weighted by molar-refractivity contribution is 5.89. The molecule has 0 saturated heterocycles. The number of anilines is 1. The number of amides is 2. The van der Waals surface area contributed by atoms with Crippen molar-refractivity contribution >= 4 is 28.3 Å². The Kier molecular flexibility index (Phi) is 8.78. The minimum absolute atomic E-state index is 0.0670. The van der Waals surface area contributed by atoms with Gasteiger partial charge >= 0.3 is 6.03 Å². The summed E-state index contributed by atoms with van der Waals surface area (Å²) >= 11 is 0. The number of para-hydroxylation sites is 1. The molecule has 1 unspecified atom stereocenters. The van der Waals surface area contributed by atoms with E-state index < -0.39 is 17.0 Å². The average Bonchev–Trinajstić information content (AvgIpc) is 2.95. The minimum atomic E-state index is -0.613. The Bertz CT molecular complexity index is 1580. The van der Waals surface area contributed by atoms with Crippen LogP contribution in [0, 0.1) is 17.0 Å². The quantitative estimate of drug-likeness (QED) is 0.140. The highest BCUT2D eigenvalue weighted by Gasteiger charge is 2.28. The molecule has 1 aromatic heterocycles. The summed E-state index contributed by atoms with van der Waals surface area (Å²) < 4.78 is 7.15. The molecular formula is C30H33N5O5. The first-order chi connectivity index (χ1) is 19.2. The molecule has 0 aliphatic rings. The van der Waals surface area contributed by atoms with Crippen LogP contribution in [-0.4, -0.2) is 39.1 Å². The van der Waals surface area contributed by atoms with Crippen LogP contribution in [0.5, 0.6) is 5.75 Å². The van der Waals surface area contributed by atoms with Crippen molar-refractivity contribution in [3.8, 4) is 11.4 Å². The van der Waals surface area contributed by atoms with E-state index >= 15 is 0 Å². The Morgan fingerprint density at radius 3 is 2.52 bits per heavy atom. The Hall–Kier alpha value is -4.73. The van der Waals surface area contributed by atoms with E-state index in [4.69, 9.17) is 9.72 Å². The van der Waals surface area contributed by atoms with Gasteiger partial charge in [0.15, 0.2) is 0 Å². The number of methoxy groups -OCH3 is 1. The molecule has 10 nitrogen and oxygen atoms in total. The number of nitro groups is 1. The van der Waals surface area contributed by atoms with Crippen molar-refractivity contribution in [1.82, 2.24) is 14.5 Å². The number of aromatic nitrogens is 2. The molecule has 1 heterocycles. The van der Waals surface area contributed by atoms with Gasteiger partial charge in [-0.2, -0.15) is 0 Å². The van der Waals surface area contributed by atoms with Crippen molar-refractivity contribution in [2.75, 3.05) is 19.0 Å². The summed E-state index contributed by atoms with van der Waals surface area (Å²) in [7, 11) is 1.55. The number of rotatable bonds is 10. The molecule has 2 amide bonds. The average molecular weight is 544 g/mol. The topological polar surface area (TPSA) is 120 Å². The highest BCUT2D eigenvalue weighted by Crippen LogP contribution is 2.29. The number of nitro benzene ring substituents is 1. The predicted octanol–water partition coefficient (Wildman–Crippen LogP) is 6.40. The summed E-state index contributed by atoms with van der Waals surface area (Å²) in [5.74, 6) is 0.897. The SMILES string of the molecule is CCCCCN(C(=O)Nc1ccc([N+](=O)[O-])cc1)C(C)c1nc2ccccc2c(=O)n1-c1cc(C)ccc1OC. The molecule has 40 heavy (non-hydrogen) atoms. The lowest BCUT2D eigenvalue weighted by Crippen LogP contribution is -2.40. The lowest BCUT2D eigenvalue weighted by atomic mass is 10.1. The second-order valence-electron chi connectivity index (χ2n) is 9.61. The number of aryl methyl sites for hydroxylation is 1. The molecule has 1 atom stereocenters.